The van der Waals surface area contributed by atoms with Gasteiger partial charge in [0.05, 0.1) is 12.6 Å². The van der Waals surface area contributed by atoms with Crippen LogP contribution in [0.1, 0.15) is 27.2 Å². The lowest BCUT2D eigenvalue weighted by Crippen LogP contribution is -2.44. The first-order valence-electron chi connectivity index (χ1n) is 5.16. The minimum Gasteiger partial charge on any atom is -0.443 e. The fourth-order valence-corrected chi connectivity index (χ4v) is 1.36. The molecule has 0 unspecified atom stereocenters. The van der Waals surface area contributed by atoms with Gasteiger partial charge in [-0.05, 0) is 26.8 Å². The second-order valence-electron chi connectivity index (χ2n) is 4.71. The van der Waals surface area contributed by atoms with Gasteiger partial charge in [-0.3, -0.25) is 9.69 Å². The molecule has 0 saturated heterocycles. The van der Waals surface area contributed by atoms with Gasteiger partial charge in [0.1, 0.15) is 5.60 Å². The second kappa shape index (κ2) is 4.65. The summed E-state index contributed by atoms with van der Waals surface area (Å²) >= 11 is 0. The Morgan fingerprint density at radius 2 is 2.25 bits per heavy atom. The van der Waals surface area contributed by atoms with Crippen LogP contribution in [-0.2, 0) is 9.53 Å². The number of carbonyl (C=O) groups excluding carboxylic acids is 2. The van der Waals surface area contributed by atoms with Crippen molar-refractivity contribution in [3.8, 4) is 0 Å². The third-order valence-corrected chi connectivity index (χ3v) is 2.07. The highest BCUT2D eigenvalue weighted by molar-refractivity contribution is 5.92. The first-order valence-corrected chi connectivity index (χ1v) is 5.16. The van der Waals surface area contributed by atoms with Crippen LogP contribution >= 0.6 is 0 Å². The van der Waals surface area contributed by atoms with Crippen molar-refractivity contribution in [2.24, 2.45) is 0 Å². The molecule has 0 saturated carbocycles. The van der Waals surface area contributed by atoms with Gasteiger partial charge in [0, 0.05) is 12.6 Å². The average Bonchev–Trinajstić information content (AvgIpc) is 2.14. The normalized spacial score (nSPS) is 21.1. The first-order chi connectivity index (χ1) is 7.33. The van der Waals surface area contributed by atoms with E-state index < -0.39 is 17.7 Å². The number of amides is 1. The number of hydrogen-bond acceptors (Lipinski definition) is 4. The van der Waals surface area contributed by atoms with E-state index in [4.69, 9.17) is 9.84 Å². The molecule has 0 spiro atoms. The predicted molar refractivity (Wildman–Crippen MR) is 57.7 cm³/mol. The molecule has 5 heteroatoms. The van der Waals surface area contributed by atoms with Gasteiger partial charge in [-0.1, -0.05) is 0 Å². The molecule has 90 valence electrons. The Morgan fingerprint density at radius 3 is 2.75 bits per heavy atom. The van der Waals surface area contributed by atoms with Gasteiger partial charge in [-0.15, -0.1) is 0 Å². The summed E-state index contributed by atoms with van der Waals surface area (Å²) < 4.78 is 5.16. The summed E-state index contributed by atoms with van der Waals surface area (Å²) in [6, 6.07) is -0.521. The van der Waals surface area contributed by atoms with Crippen molar-refractivity contribution >= 4 is 11.9 Å². The van der Waals surface area contributed by atoms with Crippen LogP contribution in [0.4, 0.5) is 4.79 Å². The molecule has 1 atom stereocenters. The van der Waals surface area contributed by atoms with Crippen molar-refractivity contribution in [2.45, 2.75) is 38.8 Å². The molecule has 0 bridgehead atoms. The Bertz CT molecular complexity index is 316. The average molecular weight is 227 g/mol. The van der Waals surface area contributed by atoms with E-state index in [0.717, 1.165) is 0 Å². The highest BCUT2D eigenvalue weighted by atomic mass is 16.6. The molecule has 1 aliphatic heterocycles. The van der Waals surface area contributed by atoms with E-state index in [0.29, 0.717) is 0 Å². The van der Waals surface area contributed by atoms with E-state index in [1.165, 1.54) is 17.2 Å². The van der Waals surface area contributed by atoms with Gasteiger partial charge < -0.3 is 9.84 Å². The molecular formula is C11H17NO4. The number of rotatable bonds is 1. The number of allylic oxidation sites excluding steroid dienone is 1. The topological polar surface area (TPSA) is 66.8 Å². The molecular weight excluding hydrogens is 210 g/mol. The largest absolute Gasteiger partial charge is 0.443 e. The quantitative estimate of drug-likeness (QED) is 0.727. The monoisotopic (exact) mass is 227 g/mol. The zero-order valence-corrected chi connectivity index (χ0v) is 9.77. The van der Waals surface area contributed by atoms with Crippen LogP contribution in [0, 0.1) is 0 Å². The molecule has 0 radical (unpaired) electrons. The zero-order chi connectivity index (χ0) is 12.3. The third-order valence-electron chi connectivity index (χ3n) is 2.07. The van der Waals surface area contributed by atoms with Crippen LogP contribution < -0.4 is 0 Å². The molecule has 1 aliphatic rings. The summed E-state index contributed by atoms with van der Waals surface area (Å²) in [6.45, 7) is 5.03. The van der Waals surface area contributed by atoms with Gasteiger partial charge in [0.25, 0.3) is 0 Å². The van der Waals surface area contributed by atoms with E-state index in [2.05, 4.69) is 0 Å². The van der Waals surface area contributed by atoms with Crippen molar-refractivity contribution in [3.63, 3.8) is 0 Å². The Labute approximate surface area is 94.7 Å². The van der Waals surface area contributed by atoms with Crippen molar-refractivity contribution < 1.29 is 19.4 Å². The number of aliphatic hydroxyl groups excluding tert-OH is 1. The number of nitrogens with zero attached hydrogens (tertiary/aromatic N) is 1. The van der Waals surface area contributed by atoms with Crippen LogP contribution in [0.25, 0.3) is 0 Å². The lowest BCUT2D eigenvalue weighted by Gasteiger charge is -2.31. The Balaban J connectivity index is 2.74. The fraction of sp³-hybridized carbons (Fsp3) is 0.636. The smallest absolute Gasteiger partial charge is 0.414 e. The number of ketones is 1. The number of carbonyl (C=O) groups is 2. The summed E-state index contributed by atoms with van der Waals surface area (Å²) in [5.74, 6) is -0.0983. The molecule has 1 N–H and O–H groups in total. The lowest BCUT2D eigenvalue weighted by molar-refractivity contribution is -0.116. The SMILES string of the molecule is CC(C)(C)OC(=O)N1C=CC(=O)C[C@H]1CO. The van der Waals surface area contributed by atoms with Crippen molar-refractivity contribution in [1.29, 1.82) is 0 Å². The minimum absolute atomic E-state index is 0.0983. The summed E-state index contributed by atoms with van der Waals surface area (Å²) in [5, 5.41) is 9.09. The van der Waals surface area contributed by atoms with E-state index in [-0.39, 0.29) is 18.8 Å². The van der Waals surface area contributed by atoms with Gasteiger partial charge in [-0.25, -0.2) is 4.79 Å². The Kier molecular flexibility index (Phi) is 3.70. The maximum absolute atomic E-state index is 11.7. The maximum Gasteiger partial charge on any atom is 0.414 e. The van der Waals surface area contributed by atoms with Crippen LogP contribution in [0.15, 0.2) is 12.3 Å². The zero-order valence-electron chi connectivity index (χ0n) is 9.77. The number of hydrogen-bond donors (Lipinski definition) is 1. The highest BCUT2D eigenvalue weighted by Crippen LogP contribution is 2.17. The Morgan fingerprint density at radius 1 is 1.62 bits per heavy atom. The van der Waals surface area contributed by atoms with Gasteiger partial charge in [-0.2, -0.15) is 0 Å². The third kappa shape index (κ3) is 3.34. The maximum atomic E-state index is 11.7. The molecule has 0 fully saturated rings. The van der Waals surface area contributed by atoms with Crippen molar-refractivity contribution in [3.05, 3.63) is 12.3 Å². The molecule has 1 heterocycles. The number of ether oxygens (including phenoxy) is 1. The summed E-state index contributed by atoms with van der Waals surface area (Å²) in [7, 11) is 0. The summed E-state index contributed by atoms with van der Waals surface area (Å²) in [6.07, 6.45) is 2.26. The number of aliphatic hydroxyl groups is 1. The van der Waals surface area contributed by atoms with Crippen molar-refractivity contribution in [2.75, 3.05) is 6.61 Å². The fourth-order valence-electron chi connectivity index (χ4n) is 1.36. The first kappa shape index (κ1) is 12.7. The Hall–Kier alpha value is -1.36. The molecule has 1 rings (SSSR count). The minimum atomic E-state index is -0.591. The van der Waals surface area contributed by atoms with Crippen LogP contribution in [0.3, 0.4) is 0 Å². The predicted octanol–water partition coefficient (Wildman–Crippen LogP) is 1.07. The second-order valence-corrected chi connectivity index (χ2v) is 4.71. The van der Waals surface area contributed by atoms with Crippen molar-refractivity contribution in [1.82, 2.24) is 4.90 Å². The highest BCUT2D eigenvalue weighted by Gasteiger charge is 2.30. The standard InChI is InChI=1S/C11H17NO4/c1-11(2,3)16-10(15)12-5-4-9(14)6-8(12)7-13/h4-5,8,13H,6-7H2,1-3H3/t8-/m0/s1. The van der Waals surface area contributed by atoms with Gasteiger partial charge in [0.2, 0.25) is 0 Å². The molecule has 16 heavy (non-hydrogen) atoms. The lowest BCUT2D eigenvalue weighted by atomic mass is 10.1. The molecule has 1 amide bonds. The van der Waals surface area contributed by atoms with Gasteiger partial charge in [0.15, 0.2) is 5.78 Å². The molecule has 0 aromatic carbocycles. The summed E-state index contributed by atoms with van der Waals surface area (Å²) in [5.41, 5.74) is -0.591. The molecule has 5 nitrogen and oxygen atoms in total. The molecule has 0 aromatic heterocycles. The molecule has 0 aliphatic carbocycles. The summed E-state index contributed by atoms with van der Waals surface area (Å²) in [4.78, 5) is 24.1. The van der Waals surface area contributed by atoms with E-state index in [1.807, 2.05) is 0 Å². The van der Waals surface area contributed by atoms with Crippen LogP contribution in [0.5, 0.6) is 0 Å². The molecule has 0 aromatic rings. The van der Waals surface area contributed by atoms with E-state index in [1.54, 1.807) is 20.8 Å². The van der Waals surface area contributed by atoms with Gasteiger partial charge >= 0.3 is 6.09 Å². The van der Waals surface area contributed by atoms with E-state index >= 15 is 0 Å². The van der Waals surface area contributed by atoms with E-state index in [9.17, 15) is 9.59 Å². The van der Waals surface area contributed by atoms with Crippen LogP contribution in [0.2, 0.25) is 0 Å². The van der Waals surface area contributed by atoms with Crippen LogP contribution in [-0.4, -0.2) is 40.1 Å².